The number of fused-ring (bicyclic) bond motifs is 2. The Morgan fingerprint density at radius 2 is 1.91 bits per heavy atom. The van der Waals surface area contributed by atoms with Gasteiger partial charge in [0.1, 0.15) is 11.5 Å². The van der Waals surface area contributed by atoms with E-state index in [1.807, 2.05) is 24.4 Å². The molecule has 0 radical (unpaired) electrons. The minimum atomic E-state index is -0.782. The molecule has 1 atom stereocenters. The molecular weight excluding hydrogens is 430 g/mol. The molecule has 8 nitrogen and oxygen atoms in total. The Labute approximate surface area is 187 Å². The van der Waals surface area contributed by atoms with Crippen LogP contribution in [0.1, 0.15) is 22.3 Å². The summed E-state index contributed by atoms with van der Waals surface area (Å²) >= 11 is 1.54. The predicted octanol–water partition coefficient (Wildman–Crippen LogP) is 3.45. The zero-order valence-corrected chi connectivity index (χ0v) is 18.2. The molecule has 32 heavy (non-hydrogen) atoms. The number of hydrogen-bond donors (Lipinski definition) is 1. The Morgan fingerprint density at radius 1 is 1.12 bits per heavy atom. The number of ketones is 1. The van der Waals surface area contributed by atoms with Crippen molar-refractivity contribution in [1.82, 2.24) is 4.98 Å². The minimum absolute atomic E-state index is 0.0589. The minimum Gasteiger partial charge on any atom is -0.482 e. The van der Waals surface area contributed by atoms with Gasteiger partial charge in [-0.15, -0.1) is 11.3 Å². The van der Waals surface area contributed by atoms with E-state index in [1.54, 1.807) is 42.5 Å². The van der Waals surface area contributed by atoms with Gasteiger partial charge in [0.25, 0.3) is 11.8 Å². The van der Waals surface area contributed by atoms with Gasteiger partial charge in [-0.1, -0.05) is 0 Å². The number of aryl methyl sites for hydroxylation is 1. The first kappa shape index (κ1) is 20.2. The average molecular weight is 449 g/mol. The molecule has 162 valence electrons. The summed E-state index contributed by atoms with van der Waals surface area (Å²) in [6, 6.07) is 9.58. The lowest BCUT2D eigenvalue weighted by Gasteiger charge is -2.33. The molecule has 0 spiro atoms. The van der Waals surface area contributed by atoms with E-state index in [-0.39, 0.29) is 30.8 Å². The Morgan fingerprint density at radius 3 is 2.69 bits per heavy atom. The lowest BCUT2D eigenvalue weighted by Crippen LogP contribution is -2.48. The summed E-state index contributed by atoms with van der Waals surface area (Å²) in [5.41, 5.74) is 2.98. The smallest absolute Gasteiger partial charge is 0.265 e. The van der Waals surface area contributed by atoms with Gasteiger partial charge in [-0.05, 0) is 50.2 Å². The highest BCUT2D eigenvalue weighted by Gasteiger charge is 2.34. The van der Waals surface area contributed by atoms with E-state index in [0.717, 1.165) is 16.3 Å². The maximum absolute atomic E-state index is 13.3. The number of nitrogens with zero attached hydrogens (tertiary/aromatic N) is 2. The summed E-state index contributed by atoms with van der Waals surface area (Å²) < 4.78 is 11.0. The first-order chi connectivity index (χ1) is 15.4. The first-order valence-electron chi connectivity index (χ1n) is 10.0. The molecule has 2 aromatic carbocycles. The van der Waals surface area contributed by atoms with Crippen molar-refractivity contribution in [3.8, 4) is 22.8 Å². The van der Waals surface area contributed by atoms with E-state index in [1.165, 1.54) is 4.90 Å². The average Bonchev–Trinajstić information content (AvgIpc) is 3.23. The van der Waals surface area contributed by atoms with Crippen molar-refractivity contribution >= 4 is 40.3 Å². The van der Waals surface area contributed by atoms with Gasteiger partial charge >= 0.3 is 0 Å². The summed E-state index contributed by atoms with van der Waals surface area (Å²) in [7, 11) is 0. The van der Waals surface area contributed by atoms with Crippen LogP contribution in [0.25, 0.3) is 11.3 Å². The Hall–Kier alpha value is -3.72. The van der Waals surface area contributed by atoms with Crippen LogP contribution >= 0.6 is 11.3 Å². The van der Waals surface area contributed by atoms with E-state index in [9.17, 15) is 14.4 Å². The second-order valence-electron chi connectivity index (χ2n) is 7.57. The number of ether oxygens (including phenoxy) is 2. The lowest BCUT2D eigenvalue weighted by molar-refractivity contribution is -0.121. The molecule has 1 unspecified atom stereocenters. The van der Waals surface area contributed by atoms with Gasteiger partial charge in [0.15, 0.2) is 19.0 Å². The number of rotatable bonds is 4. The summed E-state index contributed by atoms with van der Waals surface area (Å²) in [4.78, 5) is 43.8. The van der Waals surface area contributed by atoms with Crippen molar-refractivity contribution in [3.63, 3.8) is 0 Å². The number of Topliss-reactive ketones (excluding diaryl/α,β-unsaturated/α-hetero) is 1. The summed E-state index contributed by atoms with van der Waals surface area (Å²) in [6.07, 6.45) is 0. The monoisotopic (exact) mass is 449 g/mol. The van der Waals surface area contributed by atoms with Crippen molar-refractivity contribution < 1.29 is 23.9 Å². The fourth-order valence-electron chi connectivity index (χ4n) is 3.85. The molecule has 9 heteroatoms. The molecule has 2 aliphatic heterocycles. The molecule has 1 aromatic heterocycles. The number of hydrogen-bond acceptors (Lipinski definition) is 7. The van der Waals surface area contributed by atoms with Gasteiger partial charge in [0, 0.05) is 16.5 Å². The van der Waals surface area contributed by atoms with Crippen LogP contribution in [0, 0.1) is 6.92 Å². The van der Waals surface area contributed by atoms with E-state index in [0.29, 0.717) is 28.4 Å². The van der Waals surface area contributed by atoms with Crippen molar-refractivity contribution in [3.05, 3.63) is 52.3 Å². The molecule has 0 saturated heterocycles. The molecule has 0 fully saturated rings. The Kier molecular flexibility index (Phi) is 4.90. The molecule has 0 saturated carbocycles. The van der Waals surface area contributed by atoms with Crippen molar-refractivity contribution in [2.75, 3.05) is 23.4 Å². The largest absolute Gasteiger partial charge is 0.482 e. The summed E-state index contributed by atoms with van der Waals surface area (Å²) in [5, 5.41) is 5.59. The van der Waals surface area contributed by atoms with Crippen LogP contribution in [0.3, 0.4) is 0 Å². The second-order valence-corrected chi connectivity index (χ2v) is 8.64. The van der Waals surface area contributed by atoms with Gasteiger partial charge in [-0.2, -0.15) is 0 Å². The fraction of sp³-hybridized carbons (Fsp3) is 0.217. The highest BCUT2D eigenvalue weighted by molar-refractivity contribution is 7.09. The van der Waals surface area contributed by atoms with Gasteiger partial charge in [0.05, 0.1) is 28.1 Å². The van der Waals surface area contributed by atoms with Crippen LogP contribution in [0.5, 0.6) is 11.5 Å². The van der Waals surface area contributed by atoms with Gasteiger partial charge in [-0.3, -0.25) is 19.3 Å². The normalized spacial score (nSPS) is 15.8. The predicted molar refractivity (Wildman–Crippen MR) is 120 cm³/mol. The van der Waals surface area contributed by atoms with Crippen molar-refractivity contribution in [2.45, 2.75) is 19.9 Å². The number of carbonyl (C=O) groups excluding carboxylic acids is 3. The summed E-state index contributed by atoms with van der Waals surface area (Å²) in [6.45, 7) is 3.41. The number of benzene rings is 2. The number of aromatic nitrogens is 1. The standard InChI is InChI=1S/C23H19N3O5S/c1-12(23(29)15-4-5-19-16(7-15)25-21(27)9-30-19)26-18-8-14(17-11-32-13(2)24-17)3-6-20(18)31-10-22(26)28/h3-8,11-12H,9-10H2,1-2H3,(H,25,27). The fourth-order valence-corrected chi connectivity index (χ4v) is 4.47. The summed E-state index contributed by atoms with van der Waals surface area (Å²) in [5.74, 6) is 0.191. The van der Waals surface area contributed by atoms with Crippen LogP contribution in [0.15, 0.2) is 41.8 Å². The highest BCUT2D eigenvalue weighted by Crippen LogP contribution is 2.38. The third-order valence-electron chi connectivity index (χ3n) is 5.42. The first-order valence-corrected chi connectivity index (χ1v) is 10.9. The van der Waals surface area contributed by atoms with E-state index >= 15 is 0 Å². The van der Waals surface area contributed by atoms with Gasteiger partial charge < -0.3 is 14.8 Å². The SMILES string of the molecule is Cc1nc(-c2ccc3c(c2)N(C(C)C(=O)c2ccc4c(c2)NC(=O)CO4)C(=O)CO3)cs1. The van der Waals surface area contributed by atoms with Crippen LogP contribution in [-0.2, 0) is 9.59 Å². The zero-order chi connectivity index (χ0) is 22.4. The van der Waals surface area contributed by atoms with Crippen LogP contribution < -0.4 is 19.7 Å². The maximum Gasteiger partial charge on any atom is 0.265 e. The third kappa shape index (κ3) is 3.50. The van der Waals surface area contributed by atoms with Crippen LogP contribution in [-0.4, -0.2) is 41.8 Å². The number of carbonyl (C=O) groups is 3. The van der Waals surface area contributed by atoms with E-state index in [4.69, 9.17) is 9.47 Å². The number of amides is 2. The zero-order valence-electron chi connectivity index (χ0n) is 17.4. The molecular formula is C23H19N3O5S. The lowest BCUT2D eigenvalue weighted by atomic mass is 10.0. The van der Waals surface area contributed by atoms with Crippen molar-refractivity contribution in [2.24, 2.45) is 0 Å². The molecule has 2 aliphatic rings. The quantitative estimate of drug-likeness (QED) is 0.613. The van der Waals surface area contributed by atoms with E-state index < -0.39 is 6.04 Å². The molecule has 1 N–H and O–H groups in total. The molecule has 0 bridgehead atoms. The van der Waals surface area contributed by atoms with Gasteiger partial charge in [0.2, 0.25) is 0 Å². The van der Waals surface area contributed by atoms with Crippen LogP contribution in [0.2, 0.25) is 0 Å². The second kappa shape index (κ2) is 7.76. The molecule has 0 aliphatic carbocycles. The van der Waals surface area contributed by atoms with Crippen molar-refractivity contribution in [1.29, 1.82) is 0 Å². The maximum atomic E-state index is 13.3. The van der Waals surface area contributed by atoms with Crippen LogP contribution in [0.4, 0.5) is 11.4 Å². The molecule has 3 heterocycles. The highest BCUT2D eigenvalue weighted by atomic mass is 32.1. The number of thiazole rings is 1. The molecule has 2 amide bonds. The number of anilines is 2. The molecule has 3 aromatic rings. The Bertz CT molecular complexity index is 1270. The van der Waals surface area contributed by atoms with Gasteiger partial charge in [-0.25, -0.2) is 4.98 Å². The van der Waals surface area contributed by atoms with E-state index in [2.05, 4.69) is 10.3 Å². The third-order valence-corrected chi connectivity index (χ3v) is 6.19. The molecule has 5 rings (SSSR count). The Balaban J connectivity index is 1.49. The number of nitrogens with one attached hydrogen (secondary N) is 1. The topological polar surface area (TPSA) is 97.8 Å².